The number of H-pyrrole nitrogens is 1. The van der Waals surface area contributed by atoms with Crippen LogP contribution in [0.3, 0.4) is 0 Å². The van der Waals surface area contributed by atoms with Gasteiger partial charge in [-0.1, -0.05) is 13.0 Å². The van der Waals surface area contributed by atoms with Crippen LogP contribution >= 0.6 is 12.4 Å². The highest BCUT2D eigenvalue weighted by Crippen LogP contribution is 2.33. The summed E-state index contributed by atoms with van der Waals surface area (Å²) in [6, 6.07) is 7.97. The Morgan fingerprint density at radius 1 is 1.29 bits per heavy atom. The summed E-state index contributed by atoms with van der Waals surface area (Å²) in [5.41, 5.74) is 2.65. The molecule has 1 fully saturated rings. The number of rotatable bonds is 6. The molecule has 3 aromatic rings. The number of carboxylic acids is 1. The smallest absolute Gasteiger partial charge is 0.345 e. The fraction of sp³-hybridized carbons (Fsp3) is 0.391. The Kier molecular flexibility index (Phi) is 6.21. The predicted octanol–water partition coefficient (Wildman–Crippen LogP) is 3.95. The van der Waals surface area contributed by atoms with Crippen molar-refractivity contribution in [1.82, 2.24) is 14.9 Å². The molecule has 1 saturated carbocycles. The normalized spacial score (nSPS) is 14.8. The summed E-state index contributed by atoms with van der Waals surface area (Å²) in [5.74, 6) is -1.90. The van der Waals surface area contributed by atoms with E-state index < -0.39 is 22.8 Å². The van der Waals surface area contributed by atoms with Gasteiger partial charge in [0.1, 0.15) is 5.75 Å². The molecule has 0 bridgehead atoms. The van der Waals surface area contributed by atoms with Gasteiger partial charge in [0.05, 0.1) is 5.69 Å². The van der Waals surface area contributed by atoms with Crippen LogP contribution in [0.2, 0.25) is 0 Å². The molecule has 0 saturated heterocycles. The molecule has 1 aromatic carbocycles. The van der Waals surface area contributed by atoms with Crippen molar-refractivity contribution >= 4 is 29.3 Å². The van der Waals surface area contributed by atoms with E-state index >= 15 is 0 Å². The number of aromatic carboxylic acids is 1. The Morgan fingerprint density at radius 3 is 2.58 bits per heavy atom. The molecule has 8 heteroatoms. The van der Waals surface area contributed by atoms with Crippen LogP contribution in [0, 0.1) is 0 Å². The molecule has 1 aliphatic rings. The van der Waals surface area contributed by atoms with Gasteiger partial charge in [-0.05, 0) is 56.4 Å². The minimum Gasteiger partial charge on any atom is -0.506 e. The molecule has 4 rings (SSSR count). The minimum absolute atomic E-state index is 0. The first kappa shape index (κ1) is 22.9. The van der Waals surface area contributed by atoms with Gasteiger partial charge in [0.2, 0.25) is 0 Å². The Morgan fingerprint density at radius 2 is 2.00 bits per heavy atom. The average molecular weight is 446 g/mol. The highest BCUT2D eigenvalue weighted by Gasteiger charge is 2.31. The zero-order valence-electron chi connectivity index (χ0n) is 17.9. The number of pyridine rings is 1. The summed E-state index contributed by atoms with van der Waals surface area (Å²) in [6.07, 6.45) is 4.06. The zero-order chi connectivity index (χ0) is 21.6. The molecule has 0 spiro atoms. The van der Waals surface area contributed by atoms with Gasteiger partial charge in [-0.2, -0.15) is 0 Å². The van der Waals surface area contributed by atoms with Crippen molar-refractivity contribution in [2.45, 2.75) is 51.6 Å². The minimum atomic E-state index is -1.44. The number of fused-ring (bicyclic) bond motifs is 1. The summed E-state index contributed by atoms with van der Waals surface area (Å²) in [5, 5.41) is 24.3. The molecule has 0 atom stereocenters. The average Bonchev–Trinajstić information content (AvgIpc) is 2.99. The fourth-order valence-electron chi connectivity index (χ4n) is 4.34. The van der Waals surface area contributed by atoms with E-state index in [0.29, 0.717) is 17.7 Å². The lowest BCUT2D eigenvalue weighted by molar-refractivity contribution is 0.0691. The third-order valence-electron chi connectivity index (χ3n) is 6.44. The zero-order valence-corrected chi connectivity index (χ0v) is 18.7. The van der Waals surface area contributed by atoms with Crippen molar-refractivity contribution in [2.24, 2.45) is 7.05 Å². The molecule has 2 aromatic heterocycles. The number of nitrogens with zero attached hydrogens (tertiary/aromatic N) is 1. The van der Waals surface area contributed by atoms with Crippen molar-refractivity contribution in [3.05, 3.63) is 51.4 Å². The molecule has 166 valence electrons. The van der Waals surface area contributed by atoms with Crippen LogP contribution in [0.1, 0.15) is 54.7 Å². The lowest BCUT2D eigenvalue weighted by Crippen LogP contribution is -2.47. The van der Waals surface area contributed by atoms with Crippen LogP contribution in [0.25, 0.3) is 22.2 Å². The first-order chi connectivity index (χ1) is 14.2. The Hall–Kier alpha value is -2.77. The van der Waals surface area contributed by atoms with E-state index in [0.717, 1.165) is 23.0 Å². The second-order valence-electron chi connectivity index (χ2n) is 8.43. The first-order valence-electron chi connectivity index (χ1n) is 10.3. The largest absolute Gasteiger partial charge is 0.506 e. The Bertz CT molecular complexity index is 1210. The topological polar surface area (TPSA) is 107 Å². The van der Waals surface area contributed by atoms with E-state index in [4.69, 9.17) is 0 Å². The lowest BCUT2D eigenvalue weighted by Gasteiger charge is -2.39. The molecular weight excluding hydrogens is 418 g/mol. The van der Waals surface area contributed by atoms with E-state index in [1.165, 1.54) is 25.0 Å². The van der Waals surface area contributed by atoms with Crippen molar-refractivity contribution in [3.8, 4) is 17.0 Å². The van der Waals surface area contributed by atoms with Crippen LogP contribution in [0.15, 0.2) is 29.1 Å². The third kappa shape index (κ3) is 3.95. The summed E-state index contributed by atoms with van der Waals surface area (Å²) in [4.78, 5) is 26.3. The lowest BCUT2D eigenvalue weighted by atomic mass is 9.78. The molecule has 1 aliphatic carbocycles. The van der Waals surface area contributed by atoms with Crippen LogP contribution in [0.5, 0.6) is 5.75 Å². The van der Waals surface area contributed by atoms with E-state index in [2.05, 4.69) is 27.9 Å². The number of hydrogen-bond donors (Lipinski definition) is 4. The second kappa shape index (κ2) is 8.40. The summed E-state index contributed by atoms with van der Waals surface area (Å²) < 4.78 is 2.16. The van der Waals surface area contributed by atoms with Crippen LogP contribution in [-0.2, 0) is 20.0 Å². The van der Waals surface area contributed by atoms with Crippen molar-refractivity contribution in [3.63, 3.8) is 0 Å². The number of halogens is 1. The van der Waals surface area contributed by atoms with Crippen LogP contribution in [0.4, 0.5) is 0 Å². The van der Waals surface area contributed by atoms with Crippen LogP contribution in [-0.4, -0.2) is 31.3 Å². The SMILES string of the molecule is CCc1c(-c2ccc3c(c2)cc(CNC2(C)CCC2)n3C)[nH]c(=O)c(C(=O)O)c1O.Cl. The number of nitrogens with one attached hydrogen (secondary N) is 2. The number of aromatic amines is 1. The van der Waals surface area contributed by atoms with E-state index in [1.807, 2.05) is 32.2 Å². The third-order valence-corrected chi connectivity index (χ3v) is 6.44. The number of hydrogen-bond acceptors (Lipinski definition) is 4. The number of carbonyl (C=O) groups is 1. The Labute approximate surface area is 186 Å². The molecule has 0 aliphatic heterocycles. The van der Waals surface area contributed by atoms with E-state index in [-0.39, 0.29) is 17.9 Å². The number of aryl methyl sites for hydroxylation is 1. The molecule has 4 N–H and O–H groups in total. The van der Waals surface area contributed by atoms with Gasteiger partial charge < -0.3 is 25.1 Å². The van der Waals surface area contributed by atoms with Gasteiger partial charge in [0, 0.05) is 41.3 Å². The van der Waals surface area contributed by atoms with Gasteiger partial charge in [0.25, 0.3) is 5.56 Å². The highest BCUT2D eigenvalue weighted by molar-refractivity contribution is 5.92. The van der Waals surface area contributed by atoms with E-state index in [9.17, 15) is 19.8 Å². The molecule has 0 unspecified atom stereocenters. The van der Waals surface area contributed by atoms with Crippen LogP contribution < -0.4 is 10.9 Å². The van der Waals surface area contributed by atoms with E-state index in [1.54, 1.807) is 0 Å². The van der Waals surface area contributed by atoms with Crippen molar-refractivity contribution < 1.29 is 15.0 Å². The van der Waals surface area contributed by atoms with Crippen molar-refractivity contribution in [1.29, 1.82) is 0 Å². The maximum Gasteiger partial charge on any atom is 0.345 e. The second-order valence-corrected chi connectivity index (χ2v) is 8.43. The number of benzene rings is 1. The van der Waals surface area contributed by atoms with Gasteiger partial charge in [-0.15, -0.1) is 12.4 Å². The van der Waals surface area contributed by atoms with Gasteiger partial charge in [0.15, 0.2) is 5.56 Å². The monoisotopic (exact) mass is 445 g/mol. The summed E-state index contributed by atoms with van der Waals surface area (Å²) in [7, 11) is 2.04. The highest BCUT2D eigenvalue weighted by atomic mass is 35.5. The summed E-state index contributed by atoms with van der Waals surface area (Å²) in [6.45, 7) is 4.85. The van der Waals surface area contributed by atoms with Gasteiger partial charge in [-0.3, -0.25) is 4.79 Å². The maximum atomic E-state index is 12.3. The maximum absolute atomic E-state index is 12.3. The summed E-state index contributed by atoms with van der Waals surface area (Å²) >= 11 is 0. The van der Waals surface area contributed by atoms with Gasteiger partial charge >= 0.3 is 5.97 Å². The fourth-order valence-corrected chi connectivity index (χ4v) is 4.34. The molecule has 0 radical (unpaired) electrons. The standard InChI is InChI=1S/C23H27N3O4.ClH/c1-4-16-19(25-21(28)18(20(16)27)22(29)30)13-6-7-17-14(10-13)11-15(26(17)3)12-24-23(2)8-5-9-23;/h6-7,10-11,24H,4-5,8-9,12H2,1-3H3,(H,29,30)(H2,25,27,28);1H. The molecule has 0 amide bonds. The molecule has 7 nitrogen and oxygen atoms in total. The predicted molar refractivity (Wildman–Crippen MR) is 123 cm³/mol. The van der Waals surface area contributed by atoms with Gasteiger partial charge in [-0.25, -0.2) is 4.79 Å². The molecule has 2 heterocycles. The molecular formula is C23H28ClN3O4. The first-order valence-corrected chi connectivity index (χ1v) is 10.3. The van der Waals surface area contributed by atoms with Crippen molar-refractivity contribution in [2.75, 3.05) is 0 Å². The quantitative estimate of drug-likeness (QED) is 0.459. The molecule has 31 heavy (non-hydrogen) atoms. The number of aromatic hydroxyl groups is 1. The number of carboxylic acid groups (broad SMARTS) is 1. The number of aromatic nitrogens is 2. The Balaban J connectivity index is 0.00000272.